The average Bonchev–Trinajstić information content (AvgIpc) is 2.61. The van der Waals surface area contributed by atoms with Gasteiger partial charge in [0.15, 0.2) is 0 Å². The standard InChI is InChI=1S/C20H16ClFN2O2/c21-15-6-3-7-16(22)18(15)20(26)23-11-8-9-13-12-4-1-2-5-14(12)19(25)24-17(13)10-11/h3,6-10H,1-2,4-5H2,(H,23,26)(H,24,25). The summed E-state index contributed by atoms with van der Waals surface area (Å²) in [7, 11) is 0. The van der Waals surface area contributed by atoms with Crippen LogP contribution >= 0.6 is 11.6 Å². The third kappa shape index (κ3) is 2.88. The summed E-state index contributed by atoms with van der Waals surface area (Å²) >= 11 is 5.94. The Hall–Kier alpha value is -2.66. The van der Waals surface area contributed by atoms with Gasteiger partial charge < -0.3 is 10.3 Å². The summed E-state index contributed by atoms with van der Waals surface area (Å²) in [5.41, 5.74) is 2.80. The number of anilines is 1. The molecule has 2 N–H and O–H groups in total. The number of benzene rings is 2. The summed E-state index contributed by atoms with van der Waals surface area (Å²) < 4.78 is 13.9. The van der Waals surface area contributed by atoms with Crippen molar-refractivity contribution in [3.05, 3.63) is 74.3 Å². The topological polar surface area (TPSA) is 62.0 Å². The van der Waals surface area contributed by atoms with Crippen molar-refractivity contribution in [2.24, 2.45) is 0 Å². The van der Waals surface area contributed by atoms with E-state index in [-0.39, 0.29) is 16.1 Å². The normalized spacial score (nSPS) is 13.5. The number of aromatic amines is 1. The first-order valence-electron chi connectivity index (χ1n) is 8.48. The summed E-state index contributed by atoms with van der Waals surface area (Å²) in [6.07, 6.45) is 3.77. The Balaban J connectivity index is 1.72. The lowest BCUT2D eigenvalue weighted by molar-refractivity contribution is 0.102. The lowest BCUT2D eigenvalue weighted by atomic mass is 9.90. The van der Waals surface area contributed by atoms with Gasteiger partial charge in [0, 0.05) is 16.6 Å². The highest BCUT2D eigenvalue weighted by Crippen LogP contribution is 2.28. The number of aryl methyl sites for hydroxylation is 1. The monoisotopic (exact) mass is 370 g/mol. The average molecular weight is 371 g/mol. The van der Waals surface area contributed by atoms with Gasteiger partial charge in [-0.15, -0.1) is 0 Å². The van der Waals surface area contributed by atoms with Gasteiger partial charge in [-0.1, -0.05) is 23.7 Å². The van der Waals surface area contributed by atoms with E-state index in [1.165, 1.54) is 18.2 Å². The molecule has 26 heavy (non-hydrogen) atoms. The number of H-pyrrole nitrogens is 1. The molecule has 1 aliphatic carbocycles. The second-order valence-electron chi connectivity index (χ2n) is 6.43. The minimum absolute atomic E-state index is 0.0470. The summed E-state index contributed by atoms with van der Waals surface area (Å²) in [6, 6.07) is 9.42. The van der Waals surface area contributed by atoms with Crippen LogP contribution in [0, 0.1) is 5.82 Å². The predicted octanol–water partition coefficient (Wildman–Crippen LogP) is 4.45. The van der Waals surface area contributed by atoms with E-state index >= 15 is 0 Å². The van der Waals surface area contributed by atoms with Crippen LogP contribution in [0.15, 0.2) is 41.2 Å². The van der Waals surface area contributed by atoms with Crippen LogP contribution in [0.2, 0.25) is 5.02 Å². The lowest BCUT2D eigenvalue weighted by Crippen LogP contribution is -2.19. The van der Waals surface area contributed by atoms with Crippen LogP contribution in [0.1, 0.15) is 34.3 Å². The van der Waals surface area contributed by atoms with Gasteiger partial charge in [0.05, 0.1) is 16.1 Å². The summed E-state index contributed by atoms with van der Waals surface area (Å²) in [6.45, 7) is 0. The van der Waals surface area contributed by atoms with Crippen molar-refractivity contribution < 1.29 is 9.18 Å². The Morgan fingerprint density at radius 3 is 2.65 bits per heavy atom. The molecular weight excluding hydrogens is 355 g/mol. The molecule has 1 heterocycles. The molecule has 132 valence electrons. The van der Waals surface area contributed by atoms with E-state index in [0.717, 1.165) is 42.2 Å². The zero-order chi connectivity index (χ0) is 18.3. The Morgan fingerprint density at radius 2 is 1.88 bits per heavy atom. The number of carbonyl (C=O) groups is 1. The highest BCUT2D eigenvalue weighted by Gasteiger charge is 2.18. The zero-order valence-corrected chi connectivity index (χ0v) is 14.6. The molecule has 2 aromatic carbocycles. The van der Waals surface area contributed by atoms with Crippen molar-refractivity contribution in [3.63, 3.8) is 0 Å². The van der Waals surface area contributed by atoms with Crippen molar-refractivity contribution in [1.82, 2.24) is 4.98 Å². The Morgan fingerprint density at radius 1 is 1.12 bits per heavy atom. The number of amides is 1. The van der Waals surface area contributed by atoms with Crippen molar-refractivity contribution in [1.29, 1.82) is 0 Å². The van der Waals surface area contributed by atoms with Crippen LogP contribution in [-0.4, -0.2) is 10.9 Å². The lowest BCUT2D eigenvalue weighted by Gasteiger charge is -2.17. The maximum atomic E-state index is 13.9. The summed E-state index contributed by atoms with van der Waals surface area (Å²) in [5.74, 6) is -1.31. The van der Waals surface area contributed by atoms with Crippen LogP contribution in [0.3, 0.4) is 0 Å². The fraction of sp³-hybridized carbons (Fsp3) is 0.200. The van der Waals surface area contributed by atoms with Crippen molar-refractivity contribution in [3.8, 4) is 0 Å². The molecule has 0 saturated carbocycles. The largest absolute Gasteiger partial charge is 0.322 e. The molecule has 1 aromatic heterocycles. The number of rotatable bonds is 2. The SMILES string of the molecule is O=C(Nc1ccc2c3c(c(=O)[nH]c2c1)CCCC3)c1c(F)cccc1Cl. The molecule has 4 nitrogen and oxygen atoms in total. The molecule has 1 amide bonds. The molecule has 0 unspecified atom stereocenters. The minimum Gasteiger partial charge on any atom is -0.322 e. The molecule has 0 bridgehead atoms. The molecule has 0 aliphatic heterocycles. The van der Waals surface area contributed by atoms with Crippen molar-refractivity contribution >= 4 is 34.1 Å². The number of halogens is 2. The smallest absolute Gasteiger partial charge is 0.260 e. The van der Waals surface area contributed by atoms with E-state index in [9.17, 15) is 14.0 Å². The second kappa shape index (κ2) is 6.57. The predicted molar refractivity (Wildman–Crippen MR) is 101 cm³/mol. The van der Waals surface area contributed by atoms with E-state index < -0.39 is 11.7 Å². The number of carbonyl (C=O) groups excluding carboxylic acids is 1. The second-order valence-corrected chi connectivity index (χ2v) is 6.84. The Kier molecular flexibility index (Phi) is 4.24. The first-order chi connectivity index (χ1) is 12.5. The van der Waals surface area contributed by atoms with Gasteiger partial charge in [-0.25, -0.2) is 4.39 Å². The third-order valence-electron chi connectivity index (χ3n) is 4.78. The maximum Gasteiger partial charge on any atom is 0.260 e. The van der Waals surface area contributed by atoms with Gasteiger partial charge in [0.1, 0.15) is 5.82 Å². The quantitative estimate of drug-likeness (QED) is 0.700. The van der Waals surface area contributed by atoms with E-state index in [4.69, 9.17) is 11.6 Å². The van der Waals surface area contributed by atoms with Crippen molar-refractivity contribution in [2.75, 3.05) is 5.32 Å². The van der Waals surface area contributed by atoms with Gasteiger partial charge in [0.25, 0.3) is 11.5 Å². The number of fused-ring (bicyclic) bond motifs is 3. The molecule has 0 radical (unpaired) electrons. The van der Waals surface area contributed by atoms with Crippen LogP contribution < -0.4 is 10.9 Å². The molecule has 0 saturated heterocycles. The van der Waals surface area contributed by atoms with Crippen LogP contribution in [0.4, 0.5) is 10.1 Å². The molecule has 0 spiro atoms. The van der Waals surface area contributed by atoms with Gasteiger partial charge in [-0.2, -0.15) is 0 Å². The van der Waals surface area contributed by atoms with Gasteiger partial charge in [0.2, 0.25) is 0 Å². The molecule has 3 aromatic rings. The third-order valence-corrected chi connectivity index (χ3v) is 5.10. The van der Waals surface area contributed by atoms with Crippen molar-refractivity contribution in [2.45, 2.75) is 25.7 Å². The van der Waals surface area contributed by atoms with Gasteiger partial charge in [-0.3, -0.25) is 9.59 Å². The van der Waals surface area contributed by atoms with Crippen LogP contribution in [0.5, 0.6) is 0 Å². The number of pyridine rings is 1. The summed E-state index contributed by atoms with van der Waals surface area (Å²) in [5, 5.41) is 3.68. The molecule has 1 aliphatic rings. The summed E-state index contributed by atoms with van der Waals surface area (Å²) in [4.78, 5) is 27.6. The first-order valence-corrected chi connectivity index (χ1v) is 8.85. The molecular formula is C20H16ClFN2O2. The zero-order valence-electron chi connectivity index (χ0n) is 13.9. The van der Waals surface area contributed by atoms with E-state index in [0.29, 0.717) is 11.2 Å². The minimum atomic E-state index is -0.682. The van der Waals surface area contributed by atoms with E-state index in [1.807, 2.05) is 6.07 Å². The van der Waals surface area contributed by atoms with Gasteiger partial charge in [-0.05, 0) is 55.5 Å². The number of nitrogens with one attached hydrogen (secondary N) is 2. The van der Waals surface area contributed by atoms with Gasteiger partial charge >= 0.3 is 0 Å². The fourth-order valence-corrected chi connectivity index (χ4v) is 3.80. The fourth-order valence-electron chi connectivity index (χ4n) is 3.55. The molecule has 4 rings (SSSR count). The first kappa shape index (κ1) is 16.8. The number of hydrogen-bond acceptors (Lipinski definition) is 2. The van der Waals surface area contributed by atoms with E-state index in [2.05, 4.69) is 10.3 Å². The number of aromatic nitrogens is 1. The highest BCUT2D eigenvalue weighted by molar-refractivity contribution is 6.34. The molecule has 0 atom stereocenters. The van der Waals surface area contributed by atoms with Crippen LogP contribution in [0.25, 0.3) is 10.9 Å². The highest BCUT2D eigenvalue weighted by atomic mass is 35.5. The Labute approximate surface area is 154 Å². The maximum absolute atomic E-state index is 13.9. The number of hydrogen-bond donors (Lipinski definition) is 2. The van der Waals surface area contributed by atoms with E-state index in [1.54, 1.807) is 12.1 Å². The molecule has 0 fully saturated rings. The Bertz CT molecular complexity index is 1070. The van der Waals surface area contributed by atoms with Crippen LogP contribution in [-0.2, 0) is 12.8 Å². The molecule has 6 heteroatoms.